The Kier molecular flexibility index (Phi) is 2.37. The van der Waals surface area contributed by atoms with Crippen LogP contribution in [0.1, 0.15) is 5.56 Å². The van der Waals surface area contributed by atoms with Crippen LogP contribution in [0.15, 0.2) is 42.0 Å². The Morgan fingerprint density at radius 2 is 1.82 bits per heavy atom. The fourth-order valence-corrected chi connectivity index (χ4v) is 0.697. The second-order valence-electron chi connectivity index (χ2n) is 2.02. The third-order valence-corrected chi connectivity index (χ3v) is 1.17. The van der Waals surface area contributed by atoms with E-state index in [1.54, 1.807) is 0 Å². The minimum absolute atomic E-state index is 0.797. The van der Waals surface area contributed by atoms with Crippen LogP contribution < -0.4 is 0 Å². The van der Waals surface area contributed by atoms with Crippen molar-refractivity contribution in [2.24, 2.45) is 0 Å². The smallest absolute Gasteiger partial charge is 0.322 e. The number of hydrogen-bond donors (Lipinski definition) is 2. The molecule has 0 fully saturated rings. The first kappa shape index (κ1) is 7.45. The molecule has 1 aromatic rings. The molecule has 0 spiro atoms. The van der Waals surface area contributed by atoms with Crippen molar-refractivity contribution >= 4 is 6.08 Å². The van der Waals surface area contributed by atoms with Gasteiger partial charge in [-0.1, -0.05) is 30.3 Å². The number of rotatable bonds is 1. The molecule has 0 aliphatic heterocycles. The maximum atomic E-state index is 8.34. The van der Waals surface area contributed by atoms with Gasteiger partial charge in [-0.25, -0.2) is 0 Å². The van der Waals surface area contributed by atoms with Gasteiger partial charge in [-0.2, -0.15) is 0 Å². The van der Waals surface area contributed by atoms with Crippen LogP contribution in [0.3, 0.4) is 0 Å². The lowest BCUT2D eigenvalue weighted by Crippen LogP contribution is -1.70. The normalized spacial score (nSPS) is 8.36. The summed E-state index contributed by atoms with van der Waals surface area (Å²) in [6.07, 6.45) is 1.50. The molecule has 2 N–H and O–H groups in total. The first-order chi connectivity index (χ1) is 5.29. The summed E-state index contributed by atoms with van der Waals surface area (Å²) in [5.41, 5.74) is 3.15. The van der Waals surface area contributed by atoms with E-state index in [1.807, 2.05) is 30.3 Å². The Hall–Kier alpha value is -1.66. The molecule has 2 nitrogen and oxygen atoms in total. The molecular weight excluding hydrogens is 140 g/mol. The molecule has 0 saturated heterocycles. The Balaban J connectivity index is 2.89. The standard InChI is InChI=1S/C9H8O2/c10-9(11)7-6-8-4-2-1-3-5-8/h1-6,10-11H. The highest BCUT2D eigenvalue weighted by Gasteiger charge is 1.81. The lowest BCUT2D eigenvalue weighted by Gasteiger charge is -1.86. The highest BCUT2D eigenvalue weighted by atomic mass is 16.5. The summed E-state index contributed by atoms with van der Waals surface area (Å²) in [7, 11) is 0. The third kappa shape index (κ3) is 2.61. The molecule has 0 amide bonds. The van der Waals surface area contributed by atoms with Crippen LogP contribution in [0.4, 0.5) is 0 Å². The van der Waals surface area contributed by atoms with Gasteiger partial charge < -0.3 is 10.2 Å². The van der Waals surface area contributed by atoms with E-state index in [2.05, 4.69) is 5.73 Å². The lowest BCUT2D eigenvalue weighted by molar-refractivity contribution is 0.193. The molecule has 0 aromatic heterocycles. The summed E-state index contributed by atoms with van der Waals surface area (Å²) in [5, 5.41) is 16.7. The molecule has 0 bridgehead atoms. The van der Waals surface area contributed by atoms with Crippen molar-refractivity contribution in [3.8, 4) is 0 Å². The monoisotopic (exact) mass is 148 g/mol. The first-order valence-corrected chi connectivity index (χ1v) is 3.19. The highest BCUT2D eigenvalue weighted by Crippen LogP contribution is 1.99. The average Bonchev–Trinajstić information content (AvgIpc) is 2.03. The van der Waals surface area contributed by atoms with E-state index in [0.29, 0.717) is 0 Å². The van der Waals surface area contributed by atoms with Crippen LogP contribution in [-0.4, -0.2) is 10.2 Å². The summed E-state index contributed by atoms with van der Waals surface area (Å²) in [6, 6.07) is 9.30. The highest BCUT2D eigenvalue weighted by molar-refractivity contribution is 5.47. The largest absolute Gasteiger partial charge is 0.475 e. The molecule has 0 radical (unpaired) electrons. The van der Waals surface area contributed by atoms with Gasteiger partial charge in [0.05, 0.1) is 0 Å². The van der Waals surface area contributed by atoms with Crippen molar-refractivity contribution in [1.82, 2.24) is 0 Å². The van der Waals surface area contributed by atoms with Gasteiger partial charge in [0.1, 0.15) is 0 Å². The Morgan fingerprint density at radius 3 is 2.36 bits per heavy atom. The van der Waals surface area contributed by atoms with E-state index in [9.17, 15) is 0 Å². The van der Waals surface area contributed by atoms with Crippen molar-refractivity contribution < 1.29 is 10.2 Å². The van der Waals surface area contributed by atoms with Gasteiger partial charge in [0.25, 0.3) is 0 Å². The van der Waals surface area contributed by atoms with Gasteiger partial charge in [-0.15, -0.1) is 0 Å². The number of benzene rings is 1. The average molecular weight is 148 g/mol. The Labute approximate surface area is 64.7 Å². The molecule has 0 aliphatic carbocycles. The molecule has 56 valence electrons. The SMILES string of the molecule is OC(O)=C=Cc1ccccc1. The molecule has 0 aliphatic rings. The summed E-state index contributed by atoms with van der Waals surface area (Å²) in [5.74, 6) is -0.797. The molecule has 0 heterocycles. The van der Waals surface area contributed by atoms with Crippen LogP contribution in [0.25, 0.3) is 6.08 Å². The maximum Gasteiger partial charge on any atom is 0.322 e. The molecule has 1 aromatic carbocycles. The van der Waals surface area contributed by atoms with Crippen molar-refractivity contribution in [2.75, 3.05) is 0 Å². The van der Waals surface area contributed by atoms with E-state index < -0.39 is 5.95 Å². The first-order valence-electron chi connectivity index (χ1n) is 3.19. The van der Waals surface area contributed by atoms with E-state index >= 15 is 0 Å². The van der Waals surface area contributed by atoms with E-state index in [4.69, 9.17) is 10.2 Å². The number of aliphatic hydroxyl groups is 2. The number of hydrogen-bond acceptors (Lipinski definition) is 2. The number of aliphatic hydroxyl groups excluding tert-OH is 1. The van der Waals surface area contributed by atoms with Crippen LogP contribution in [0.2, 0.25) is 0 Å². The molecule has 0 saturated carbocycles. The predicted octanol–water partition coefficient (Wildman–Crippen LogP) is 2.26. The molecule has 0 atom stereocenters. The van der Waals surface area contributed by atoms with E-state index in [1.165, 1.54) is 6.08 Å². The van der Waals surface area contributed by atoms with Gasteiger partial charge in [0.15, 0.2) is 0 Å². The topological polar surface area (TPSA) is 40.5 Å². The zero-order valence-electron chi connectivity index (χ0n) is 5.86. The third-order valence-electron chi connectivity index (χ3n) is 1.17. The lowest BCUT2D eigenvalue weighted by atomic mass is 10.2. The summed E-state index contributed by atoms with van der Waals surface area (Å²) in [6.45, 7) is 0. The predicted molar refractivity (Wildman–Crippen MR) is 43.2 cm³/mol. The molecule has 2 heteroatoms. The quantitative estimate of drug-likeness (QED) is 0.473. The van der Waals surface area contributed by atoms with Crippen molar-refractivity contribution in [3.05, 3.63) is 47.6 Å². The van der Waals surface area contributed by atoms with Crippen LogP contribution >= 0.6 is 0 Å². The van der Waals surface area contributed by atoms with E-state index in [0.717, 1.165) is 5.56 Å². The second-order valence-corrected chi connectivity index (χ2v) is 2.02. The summed E-state index contributed by atoms with van der Waals surface area (Å²) < 4.78 is 0. The zero-order chi connectivity index (χ0) is 8.10. The van der Waals surface area contributed by atoms with Gasteiger partial charge in [0.2, 0.25) is 0 Å². The zero-order valence-corrected chi connectivity index (χ0v) is 5.86. The maximum absolute atomic E-state index is 8.34. The van der Waals surface area contributed by atoms with Crippen LogP contribution in [0, 0.1) is 0 Å². The van der Waals surface area contributed by atoms with Gasteiger partial charge in [-0.05, 0) is 17.4 Å². The summed E-state index contributed by atoms with van der Waals surface area (Å²) >= 11 is 0. The fourth-order valence-electron chi connectivity index (χ4n) is 0.697. The Bertz CT molecular complexity index is 278. The molecule has 0 unspecified atom stereocenters. The van der Waals surface area contributed by atoms with Gasteiger partial charge in [0, 0.05) is 0 Å². The van der Waals surface area contributed by atoms with Crippen LogP contribution in [0.5, 0.6) is 0 Å². The fraction of sp³-hybridized carbons (Fsp3) is 0. The van der Waals surface area contributed by atoms with Crippen molar-refractivity contribution in [3.63, 3.8) is 0 Å². The minimum Gasteiger partial charge on any atom is -0.475 e. The molecular formula is C9H8O2. The van der Waals surface area contributed by atoms with Crippen LogP contribution in [-0.2, 0) is 0 Å². The molecule has 1 rings (SSSR count). The van der Waals surface area contributed by atoms with Gasteiger partial charge >= 0.3 is 5.95 Å². The summed E-state index contributed by atoms with van der Waals surface area (Å²) in [4.78, 5) is 0. The van der Waals surface area contributed by atoms with Crippen molar-refractivity contribution in [1.29, 1.82) is 0 Å². The van der Waals surface area contributed by atoms with Gasteiger partial charge in [-0.3, -0.25) is 0 Å². The van der Waals surface area contributed by atoms with E-state index in [-0.39, 0.29) is 0 Å². The second kappa shape index (κ2) is 3.49. The Morgan fingerprint density at radius 1 is 1.18 bits per heavy atom. The minimum atomic E-state index is -0.797. The van der Waals surface area contributed by atoms with Crippen molar-refractivity contribution in [2.45, 2.75) is 0 Å². The molecule has 11 heavy (non-hydrogen) atoms.